The Balaban J connectivity index is 2.09. The van der Waals surface area contributed by atoms with Crippen molar-refractivity contribution < 1.29 is 5.11 Å². The first kappa shape index (κ1) is 15.7. The molecule has 2 aromatic rings. The minimum absolute atomic E-state index is 0.135. The van der Waals surface area contributed by atoms with E-state index < -0.39 is 6.10 Å². The van der Waals surface area contributed by atoms with Crippen molar-refractivity contribution in [3.05, 3.63) is 48.0 Å². The molecule has 4 heteroatoms. The quantitative estimate of drug-likeness (QED) is 0.851. The highest BCUT2D eigenvalue weighted by atomic mass is 16.3. The molecule has 0 amide bonds. The van der Waals surface area contributed by atoms with Gasteiger partial charge in [-0.3, -0.25) is 0 Å². The van der Waals surface area contributed by atoms with Crippen LogP contribution in [0.25, 0.3) is 0 Å². The first-order valence-electron chi connectivity index (χ1n) is 7.71. The minimum atomic E-state index is -0.437. The number of hydrogen-bond acceptors (Lipinski definition) is 3. The molecule has 0 saturated carbocycles. The van der Waals surface area contributed by atoms with E-state index in [0.29, 0.717) is 12.3 Å². The lowest BCUT2D eigenvalue weighted by Crippen LogP contribution is -2.23. The van der Waals surface area contributed by atoms with E-state index in [2.05, 4.69) is 43.0 Å². The van der Waals surface area contributed by atoms with Crippen molar-refractivity contribution in [1.29, 1.82) is 0 Å². The molecule has 0 spiro atoms. The minimum Gasteiger partial charge on any atom is -0.392 e. The molecule has 1 heterocycles. The fraction of sp³-hybridized carbons (Fsp3) is 0.529. The zero-order valence-electron chi connectivity index (χ0n) is 13.1. The average Bonchev–Trinajstić information content (AvgIpc) is 2.87. The van der Waals surface area contributed by atoms with Gasteiger partial charge in [-0.1, -0.05) is 51.1 Å². The Morgan fingerprint density at radius 1 is 1.19 bits per heavy atom. The third-order valence-corrected chi connectivity index (χ3v) is 3.76. The summed E-state index contributed by atoms with van der Waals surface area (Å²) in [6.07, 6.45) is 2.59. The fourth-order valence-electron chi connectivity index (χ4n) is 2.70. The fourth-order valence-corrected chi connectivity index (χ4v) is 2.70. The number of nitrogens with zero attached hydrogens (tertiary/aromatic N) is 3. The summed E-state index contributed by atoms with van der Waals surface area (Å²) in [7, 11) is 0. The van der Waals surface area contributed by atoms with E-state index in [-0.39, 0.29) is 5.92 Å². The van der Waals surface area contributed by atoms with Gasteiger partial charge in [0.05, 0.1) is 6.10 Å². The smallest absolute Gasteiger partial charge is 0.138 e. The maximum absolute atomic E-state index is 10.6. The number of aromatic nitrogens is 3. The highest BCUT2D eigenvalue weighted by Crippen LogP contribution is 2.25. The molecule has 0 radical (unpaired) electrons. The molecule has 4 nitrogen and oxygen atoms in total. The van der Waals surface area contributed by atoms with E-state index in [0.717, 1.165) is 18.8 Å². The van der Waals surface area contributed by atoms with Crippen molar-refractivity contribution in [2.24, 2.45) is 5.92 Å². The van der Waals surface area contributed by atoms with Crippen LogP contribution in [0.4, 0.5) is 0 Å². The van der Waals surface area contributed by atoms with E-state index in [1.165, 1.54) is 5.56 Å². The van der Waals surface area contributed by atoms with Gasteiger partial charge in [-0.2, -0.15) is 5.10 Å². The monoisotopic (exact) mass is 287 g/mol. The Kier molecular flexibility index (Phi) is 5.51. The van der Waals surface area contributed by atoms with Gasteiger partial charge < -0.3 is 5.11 Å². The summed E-state index contributed by atoms with van der Waals surface area (Å²) in [5.74, 6) is 1.51. The molecule has 2 unspecified atom stereocenters. The van der Waals surface area contributed by atoms with Crippen LogP contribution in [-0.4, -0.2) is 26.0 Å². The second-order valence-electron chi connectivity index (χ2n) is 5.95. The Hall–Kier alpha value is -1.68. The Labute approximate surface area is 126 Å². The normalized spacial score (nSPS) is 14.3. The van der Waals surface area contributed by atoms with E-state index >= 15 is 0 Å². The van der Waals surface area contributed by atoms with Crippen LogP contribution >= 0.6 is 0 Å². The zero-order valence-corrected chi connectivity index (χ0v) is 13.1. The molecular formula is C17H25N3O. The lowest BCUT2D eigenvalue weighted by molar-refractivity contribution is 0.136. The molecule has 2 atom stereocenters. The van der Waals surface area contributed by atoms with Crippen LogP contribution in [0.5, 0.6) is 0 Å². The van der Waals surface area contributed by atoms with Crippen LogP contribution in [0.2, 0.25) is 0 Å². The van der Waals surface area contributed by atoms with Gasteiger partial charge in [0.1, 0.15) is 12.2 Å². The predicted molar refractivity (Wildman–Crippen MR) is 84.0 cm³/mol. The van der Waals surface area contributed by atoms with Crippen LogP contribution in [0.3, 0.4) is 0 Å². The molecule has 0 aliphatic heterocycles. The SMILES string of the molecule is CCC(c1ccccc1)C(O)Cc1ncnn1CC(C)C. The predicted octanol–water partition coefficient (Wildman–Crippen LogP) is 3.03. The van der Waals surface area contributed by atoms with Crippen LogP contribution < -0.4 is 0 Å². The summed E-state index contributed by atoms with van der Waals surface area (Å²) < 4.78 is 1.91. The Morgan fingerprint density at radius 3 is 2.52 bits per heavy atom. The second-order valence-corrected chi connectivity index (χ2v) is 5.95. The van der Waals surface area contributed by atoms with Crippen molar-refractivity contribution in [2.75, 3.05) is 0 Å². The molecule has 1 N–H and O–H groups in total. The second kappa shape index (κ2) is 7.36. The van der Waals surface area contributed by atoms with E-state index in [1.807, 2.05) is 22.9 Å². The highest BCUT2D eigenvalue weighted by Gasteiger charge is 2.21. The van der Waals surface area contributed by atoms with Gasteiger partial charge in [-0.25, -0.2) is 9.67 Å². The molecule has 0 aliphatic rings. The van der Waals surface area contributed by atoms with Gasteiger partial charge in [0, 0.05) is 18.9 Å². The standard InChI is InChI=1S/C17H25N3O/c1-4-15(14-8-6-5-7-9-14)16(21)10-17-18-12-19-20(17)11-13(2)3/h5-9,12-13,15-16,21H,4,10-11H2,1-3H3. The first-order chi connectivity index (χ1) is 10.1. The number of rotatable bonds is 7. The van der Waals surface area contributed by atoms with Crippen molar-refractivity contribution in [3.8, 4) is 0 Å². The van der Waals surface area contributed by atoms with Crippen molar-refractivity contribution in [3.63, 3.8) is 0 Å². The number of aliphatic hydroxyl groups excluding tert-OH is 1. The van der Waals surface area contributed by atoms with Gasteiger partial charge in [0.15, 0.2) is 0 Å². The molecule has 0 saturated heterocycles. The van der Waals surface area contributed by atoms with Gasteiger partial charge in [0.2, 0.25) is 0 Å². The van der Waals surface area contributed by atoms with Crippen molar-refractivity contribution in [2.45, 2.75) is 52.2 Å². The van der Waals surface area contributed by atoms with E-state index in [1.54, 1.807) is 6.33 Å². The van der Waals surface area contributed by atoms with Crippen LogP contribution in [0.1, 0.15) is 44.5 Å². The largest absolute Gasteiger partial charge is 0.392 e. The van der Waals surface area contributed by atoms with Crippen LogP contribution in [0.15, 0.2) is 36.7 Å². The lowest BCUT2D eigenvalue weighted by Gasteiger charge is -2.22. The molecule has 1 aromatic carbocycles. The molecular weight excluding hydrogens is 262 g/mol. The Morgan fingerprint density at radius 2 is 1.90 bits per heavy atom. The summed E-state index contributed by atoms with van der Waals surface area (Å²) in [6.45, 7) is 7.26. The number of aliphatic hydroxyl groups is 1. The van der Waals surface area contributed by atoms with Gasteiger partial charge >= 0.3 is 0 Å². The third-order valence-electron chi connectivity index (χ3n) is 3.76. The van der Waals surface area contributed by atoms with Crippen molar-refractivity contribution in [1.82, 2.24) is 14.8 Å². The maximum Gasteiger partial charge on any atom is 0.138 e. The zero-order chi connectivity index (χ0) is 15.2. The molecule has 21 heavy (non-hydrogen) atoms. The molecule has 0 bridgehead atoms. The number of benzene rings is 1. The molecule has 2 rings (SSSR count). The van der Waals surface area contributed by atoms with Crippen LogP contribution in [-0.2, 0) is 13.0 Å². The van der Waals surface area contributed by atoms with E-state index in [4.69, 9.17) is 0 Å². The Bertz CT molecular complexity index is 536. The van der Waals surface area contributed by atoms with Crippen molar-refractivity contribution >= 4 is 0 Å². The molecule has 114 valence electrons. The molecule has 0 aliphatic carbocycles. The summed E-state index contributed by atoms with van der Waals surface area (Å²) >= 11 is 0. The molecule has 0 fully saturated rings. The number of hydrogen-bond donors (Lipinski definition) is 1. The average molecular weight is 287 g/mol. The third kappa shape index (κ3) is 4.14. The summed E-state index contributed by atoms with van der Waals surface area (Å²) in [5.41, 5.74) is 1.18. The lowest BCUT2D eigenvalue weighted by atomic mass is 9.89. The topological polar surface area (TPSA) is 50.9 Å². The molecule has 1 aromatic heterocycles. The summed E-state index contributed by atoms with van der Waals surface area (Å²) in [5, 5.41) is 14.9. The van der Waals surface area contributed by atoms with E-state index in [9.17, 15) is 5.11 Å². The highest BCUT2D eigenvalue weighted by molar-refractivity contribution is 5.21. The van der Waals surface area contributed by atoms with Gasteiger partial charge in [-0.15, -0.1) is 0 Å². The van der Waals surface area contributed by atoms with Crippen LogP contribution in [0, 0.1) is 5.92 Å². The van der Waals surface area contributed by atoms with Gasteiger partial charge in [-0.05, 0) is 17.9 Å². The summed E-state index contributed by atoms with van der Waals surface area (Å²) in [6, 6.07) is 10.2. The van der Waals surface area contributed by atoms with Gasteiger partial charge in [0.25, 0.3) is 0 Å². The maximum atomic E-state index is 10.6. The summed E-state index contributed by atoms with van der Waals surface area (Å²) in [4.78, 5) is 4.31. The first-order valence-corrected chi connectivity index (χ1v) is 7.71.